The van der Waals surface area contributed by atoms with Crippen molar-refractivity contribution in [1.82, 2.24) is 5.32 Å². The Hall–Kier alpha value is -2.53. The Balaban J connectivity index is 1.65. The molecule has 23 heavy (non-hydrogen) atoms. The van der Waals surface area contributed by atoms with Crippen molar-refractivity contribution in [1.29, 1.82) is 0 Å². The predicted octanol–water partition coefficient (Wildman–Crippen LogP) is 2.58. The Morgan fingerprint density at radius 3 is 2.61 bits per heavy atom. The zero-order valence-electron chi connectivity index (χ0n) is 13.0. The first-order chi connectivity index (χ1) is 11.3. The highest BCUT2D eigenvalue weighted by atomic mass is 16.6. The number of amides is 1. The van der Waals surface area contributed by atoms with E-state index >= 15 is 0 Å². The Labute approximate surface area is 135 Å². The van der Waals surface area contributed by atoms with E-state index in [0.29, 0.717) is 36.8 Å². The molecule has 2 aromatic carbocycles. The number of rotatable bonds is 5. The summed E-state index contributed by atoms with van der Waals surface area (Å²) in [5.74, 6) is 1.11. The van der Waals surface area contributed by atoms with Crippen molar-refractivity contribution < 1.29 is 19.0 Å². The van der Waals surface area contributed by atoms with Crippen LogP contribution in [0.4, 0.5) is 0 Å². The minimum atomic E-state index is -0.183. The highest BCUT2D eigenvalue weighted by Gasteiger charge is 2.16. The van der Waals surface area contributed by atoms with Gasteiger partial charge in [-0.2, -0.15) is 0 Å². The van der Waals surface area contributed by atoms with Crippen molar-refractivity contribution in [2.24, 2.45) is 0 Å². The zero-order valence-corrected chi connectivity index (χ0v) is 13.0. The van der Waals surface area contributed by atoms with Crippen molar-refractivity contribution in [2.45, 2.75) is 6.10 Å². The minimum absolute atomic E-state index is 0.167. The van der Waals surface area contributed by atoms with Gasteiger partial charge in [0.1, 0.15) is 13.2 Å². The summed E-state index contributed by atoms with van der Waals surface area (Å²) in [4.78, 5) is 12.3. The molecule has 0 saturated carbocycles. The highest BCUT2D eigenvalue weighted by Crippen LogP contribution is 2.30. The molecule has 120 valence electrons. The average Bonchev–Trinajstić information content (AvgIpc) is 2.62. The third kappa shape index (κ3) is 3.63. The number of carbonyl (C=O) groups excluding carboxylic acids is 1. The van der Waals surface area contributed by atoms with Gasteiger partial charge in [-0.05, 0) is 23.8 Å². The summed E-state index contributed by atoms with van der Waals surface area (Å²) in [6, 6.07) is 15.0. The topological polar surface area (TPSA) is 56.8 Å². The number of fused-ring (bicyclic) bond motifs is 1. The average molecular weight is 313 g/mol. The number of benzene rings is 2. The van der Waals surface area contributed by atoms with Crippen molar-refractivity contribution in [3.63, 3.8) is 0 Å². The van der Waals surface area contributed by atoms with Gasteiger partial charge in [0.2, 0.25) is 0 Å². The normalized spacial score (nSPS) is 14.1. The lowest BCUT2D eigenvalue weighted by atomic mass is 10.1. The summed E-state index contributed by atoms with van der Waals surface area (Å²) < 4.78 is 16.4. The lowest BCUT2D eigenvalue weighted by molar-refractivity contribution is 0.0827. The van der Waals surface area contributed by atoms with Crippen LogP contribution in [0.15, 0.2) is 48.5 Å². The summed E-state index contributed by atoms with van der Waals surface area (Å²) in [6.45, 7) is 1.43. The van der Waals surface area contributed by atoms with Crippen molar-refractivity contribution in [2.75, 3.05) is 26.9 Å². The summed E-state index contributed by atoms with van der Waals surface area (Å²) in [5.41, 5.74) is 1.56. The van der Waals surface area contributed by atoms with E-state index in [4.69, 9.17) is 14.2 Å². The predicted molar refractivity (Wildman–Crippen MR) is 86.0 cm³/mol. The fourth-order valence-electron chi connectivity index (χ4n) is 2.48. The molecule has 0 saturated heterocycles. The molecular weight excluding hydrogens is 294 g/mol. The van der Waals surface area contributed by atoms with E-state index < -0.39 is 0 Å². The zero-order chi connectivity index (χ0) is 16.1. The van der Waals surface area contributed by atoms with Crippen LogP contribution in [0, 0.1) is 0 Å². The first kappa shape index (κ1) is 15.4. The van der Waals surface area contributed by atoms with Gasteiger partial charge in [-0.15, -0.1) is 0 Å². The van der Waals surface area contributed by atoms with E-state index in [2.05, 4.69) is 5.32 Å². The SMILES string of the molecule is COC(CNC(=O)c1ccc2c(c1)OCCO2)c1ccccc1. The lowest BCUT2D eigenvalue weighted by Gasteiger charge is -2.19. The Morgan fingerprint density at radius 2 is 1.87 bits per heavy atom. The van der Waals surface area contributed by atoms with Crippen LogP contribution < -0.4 is 14.8 Å². The molecule has 3 rings (SSSR count). The second-order valence-electron chi connectivity index (χ2n) is 5.20. The Morgan fingerprint density at radius 1 is 1.13 bits per heavy atom. The number of hydrogen-bond donors (Lipinski definition) is 1. The van der Waals surface area contributed by atoms with Crippen LogP contribution in [0.5, 0.6) is 11.5 Å². The molecule has 0 aromatic heterocycles. The van der Waals surface area contributed by atoms with E-state index in [-0.39, 0.29) is 12.0 Å². The maximum absolute atomic E-state index is 12.3. The summed E-state index contributed by atoms with van der Waals surface area (Å²) in [7, 11) is 1.63. The third-order valence-electron chi connectivity index (χ3n) is 3.71. The van der Waals surface area contributed by atoms with Crippen molar-refractivity contribution >= 4 is 5.91 Å². The van der Waals surface area contributed by atoms with Gasteiger partial charge < -0.3 is 19.5 Å². The van der Waals surface area contributed by atoms with Crippen LogP contribution in [0.1, 0.15) is 22.0 Å². The Kier molecular flexibility index (Phi) is 4.78. The molecule has 1 N–H and O–H groups in total. The molecule has 1 aliphatic rings. The number of hydrogen-bond acceptors (Lipinski definition) is 4. The van der Waals surface area contributed by atoms with E-state index in [1.54, 1.807) is 25.3 Å². The third-order valence-corrected chi connectivity index (χ3v) is 3.71. The molecule has 1 amide bonds. The van der Waals surface area contributed by atoms with E-state index in [1.807, 2.05) is 30.3 Å². The molecule has 0 spiro atoms. The van der Waals surface area contributed by atoms with E-state index in [0.717, 1.165) is 5.56 Å². The number of ether oxygens (including phenoxy) is 3. The van der Waals surface area contributed by atoms with Crippen LogP contribution in [0.25, 0.3) is 0 Å². The van der Waals surface area contributed by atoms with Gasteiger partial charge in [-0.25, -0.2) is 0 Å². The van der Waals surface area contributed by atoms with Crippen molar-refractivity contribution in [3.8, 4) is 11.5 Å². The largest absolute Gasteiger partial charge is 0.486 e. The van der Waals surface area contributed by atoms with Crippen LogP contribution in [-0.4, -0.2) is 32.8 Å². The van der Waals surface area contributed by atoms with Crippen LogP contribution in [-0.2, 0) is 4.74 Å². The first-order valence-electron chi connectivity index (χ1n) is 7.53. The van der Waals surface area contributed by atoms with Gasteiger partial charge in [-0.3, -0.25) is 4.79 Å². The summed E-state index contributed by atoms with van der Waals surface area (Å²) in [5, 5.41) is 2.89. The van der Waals surface area contributed by atoms with Gasteiger partial charge in [0.25, 0.3) is 5.91 Å². The monoisotopic (exact) mass is 313 g/mol. The quantitative estimate of drug-likeness (QED) is 0.922. The van der Waals surface area contributed by atoms with Gasteiger partial charge in [0.05, 0.1) is 6.10 Å². The fraction of sp³-hybridized carbons (Fsp3) is 0.278. The molecule has 1 heterocycles. The second-order valence-corrected chi connectivity index (χ2v) is 5.20. The molecule has 0 aliphatic carbocycles. The molecule has 1 unspecified atom stereocenters. The van der Waals surface area contributed by atoms with Crippen LogP contribution in [0.3, 0.4) is 0 Å². The molecule has 0 radical (unpaired) electrons. The number of nitrogens with one attached hydrogen (secondary N) is 1. The van der Waals surface area contributed by atoms with Crippen LogP contribution >= 0.6 is 0 Å². The van der Waals surface area contributed by atoms with Crippen LogP contribution in [0.2, 0.25) is 0 Å². The minimum Gasteiger partial charge on any atom is -0.486 e. The molecule has 1 aliphatic heterocycles. The van der Waals surface area contributed by atoms with Gasteiger partial charge in [0, 0.05) is 19.2 Å². The molecular formula is C18H19NO4. The lowest BCUT2D eigenvalue weighted by Crippen LogP contribution is -2.29. The molecule has 1 atom stereocenters. The first-order valence-corrected chi connectivity index (χ1v) is 7.53. The maximum atomic E-state index is 12.3. The van der Waals surface area contributed by atoms with Gasteiger partial charge in [-0.1, -0.05) is 30.3 Å². The molecule has 0 bridgehead atoms. The maximum Gasteiger partial charge on any atom is 0.251 e. The van der Waals surface area contributed by atoms with Gasteiger partial charge in [0.15, 0.2) is 11.5 Å². The number of methoxy groups -OCH3 is 1. The summed E-state index contributed by atoms with van der Waals surface area (Å²) in [6.07, 6.45) is -0.183. The Bertz CT molecular complexity index is 672. The second kappa shape index (κ2) is 7.15. The van der Waals surface area contributed by atoms with Gasteiger partial charge >= 0.3 is 0 Å². The molecule has 5 heteroatoms. The smallest absolute Gasteiger partial charge is 0.251 e. The van der Waals surface area contributed by atoms with E-state index in [9.17, 15) is 4.79 Å². The summed E-state index contributed by atoms with van der Waals surface area (Å²) >= 11 is 0. The van der Waals surface area contributed by atoms with E-state index in [1.165, 1.54) is 0 Å². The standard InChI is InChI=1S/C18H19NO4/c1-21-17(13-5-3-2-4-6-13)12-19-18(20)14-7-8-15-16(11-14)23-10-9-22-15/h2-8,11,17H,9-10,12H2,1H3,(H,19,20). The highest BCUT2D eigenvalue weighted by molar-refractivity contribution is 5.94. The van der Waals surface area contributed by atoms with Crippen molar-refractivity contribution in [3.05, 3.63) is 59.7 Å². The number of carbonyl (C=O) groups is 1. The molecule has 0 fully saturated rings. The fourth-order valence-corrected chi connectivity index (χ4v) is 2.48. The molecule has 5 nitrogen and oxygen atoms in total. The molecule has 2 aromatic rings.